The molecule has 0 spiro atoms. The maximum absolute atomic E-state index is 13.4. The standard InChI is InChI=1S/C26H37N5O3S/c32-20-13-11-19(12-14-20)27-24-15-22(35(33,34)21-9-5-2-6-10-21)16-25(28-24)29-26-17-23(30-31-26)18-7-3-1-4-8-18/h2,5-6,9-10,15-16,18-20,23,26,30-32H,1,3-4,7-8,11-14,17H2,(H2,27,28,29). The number of aliphatic hydroxyl groups excluding tert-OH is 1. The number of pyridine rings is 1. The van der Waals surface area contributed by atoms with Crippen LogP contribution in [0.5, 0.6) is 0 Å². The van der Waals surface area contributed by atoms with Crippen LogP contribution in [0.15, 0.2) is 52.3 Å². The summed E-state index contributed by atoms with van der Waals surface area (Å²) in [7, 11) is -3.69. The number of nitrogens with one attached hydrogen (secondary N) is 4. The third kappa shape index (κ3) is 5.97. The van der Waals surface area contributed by atoms with E-state index in [4.69, 9.17) is 4.98 Å². The molecule has 35 heavy (non-hydrogen) atoms. The molecule has 5 N–H and O–H groups in total. The van der Waals surface area contributed by atoms with E-state index in [2.05, 4.69) is 21.5 Å². The molecule has 2 aliphatic carbocycles. The zero-order valence-electron chi connectivity index (χ0n) is 20.1. The molecule has 1 saturated heterocycles. The van der Waals surface area contributed by atoms with Gasteiger partial charge in [-0.25, -0.2) is 18.8 Å². The minimum atomic E-state index is -3.69. The number of rotatable bonds is 7. The molecular formula is C26H37N5O3S. The van der Waals surface area contributed by atoms with Crippen molar-refractivity contribution in [1.82, 2.24) is 15.8 Å². The lowest BCUT2D eigenvalue weighted by Crippen LogP contribution is -2.39. The average Bonchev–Trinajstić information content (AvgIpc) is 3.35. The molecule has 0 radical (unpaired) electrons. The van der Waals surface area contributed by atoms with Gasteiger partial charge in [-0.1, -0.05) is 37.5 Å². The Morgan fingerprint density at radius 2 is 1.51 bits per heavy atom. The number of nitrogens with zero attached hydrogens (tertiary/aromatic N) is 1. The fourth-order valence-corrected chi connectivity index (χ4v) is 6.99. The van der Waals surface area contributed by atoms with E-state index in [1.165, 1.54) is 32.1 Å². The van der Waals surface area contributed by atoms with Crippen LogP contribution in [0.3, 0.4) is 0 Å². The van der Waals surface area contributed by atoms with Crippen LogP contribution < -0.4 is 21.5 Å². The number of hydrogen-bond donors (Lipinski definition) is 5. The van der Waals surface area contributed by atoms with Crippen LogP contribution in [-0.2, 0) is 9.84 Å². The van der Waals surface area contributed by atoms with Crippen LogP contribution in [0, 0.1) is 5.92 Å². The second-order valence-corrected chi connectivity index (χ2v) is 12.2. The van der Waals surface area contributed by atoms with E-state index in [0.29, 0.717) is 23.6 Å². The van der Waals surface area contributed by atoms with Crippen molar-refractivity contribution < 1.29 is 13.5 Å². The van der Waals surface area contributed by atoms with E-state index in [9.17, 15) is 13.5 Å². The van der Waals surface area contributed by atoms with E-state index >= 15 is 0 Å². The summed E-state index contributed by atoms with van der Waals surface area (Å²) in [6, 6.07) is 12.4. The van der Waals surface area contributed by atoms with Gasteiger partial charge in [0.2, 0.25) is 9.84 Å². The van der Waals surface area contributed by atoms with E-state index in [1.54, 1.807) is 36.4 Å². The van der Waals surface area contributed by atoms with Crippen molar-refractivity contribution in [3.63, 3.8) is 0 Å². The highest BCUT2D eigenvalue weighted by Crippen LogP contribution is 2.31. The zero-order valence-corrected chi connectivity index (χ0v) is 20.9. The van der Waals surface area contributed by atoms with Gasteiger partial charge in [0.05, 0.1) is 22.1 Å². The Balaban J connectivity index is 1.36. The lowest BCUT2D eigenvalue weighted by Gasteiger charge is -2.27. The minimum absolute atomic E-state index is 0.0261. The monoisotopic (exact) mass is 499 g/mol. The maximum Gasteiger partial charge on any atom is 0.206 e. The molecule has 2 heterocycles. The Bertz CT molecular complexity index is 1080. The normalized spacial score (nSPS) is 28.0. The number of aromatic nitrogens is 1. The molecule has 2 aromatic rings. The highest BCUT2D eigenvalue weighted by atomic mass is 32.2. The highest BCUT2D eigenvalue weighted by Gasteiger charge is 2.31. The van der Waals surface area contributed by atoms with E-state index in [0.717, 1.165) is 32.1 Å². The number of sulfone groups is 1. The number of benzene rings is 1. The lowest BCUT2D eigenvalue weighted by molar-refractivity contribution is 0.126. The number of hydrazine groups is 1. The number of aliphatic hydroxyl groups is 1. The van der Waals surface area contributed by atoms with Crippen molar-refractivity contribution in [2.24, 2.45) is 5.92 Å². The first-order chi connectivity index (χ1) is 17.0. The molecule has 5 rings (SSSR count). The molecule has 1 aliphatic heterocycles. The van der Waals surface area contributed by atoms with Gasteiger partial charge < -0.3 is 15.7 Å². The van der Waals surface area contributed by atoms with Crippen LogP contribution in [-0.4, -0.2) is 42.9 Å². The summed E-state index contributed by atoms with van der Waals surface area (Å²) in [5.41, 5.74) is 6.80. The average molecular weight is 500 g/mol. The largest absolute Gasteiger partial charge is 0.393 e. The summed E-state index contributed by atoms with van der Waals surface area (Å²) >= 11 is 0. The molecule has 2 atom stereocenters. The second kappa shape index (κ2) is 10.8. The third-order valence-corrected chi connectivity index (χ3v) is 9.43. The summed E-state index contributed by atoms with van der Waals surface area (Å²) in [5, 5.41) is 16.7. The van der Waals surface area contributed by atoms with E-state index < -0.39 is 9.84 Å². The molecule has 9 heteroatoms. The van der Waals surface area contributed by atoms with Gasteiger partial charge >= 0.3 is 0 Å². The molecule has 1 aromatic heterocycles. The van der Waals surface area contributed by atoms with Crippen molar-refractivity contribution in [2.75, 3.05) is 10.6 Å². The number of hydrogen-bond acceptors (Lipinski definition) is 8. The molecular weight excluding hydrogens is 462 g/mol. The molecule has 1 aromatic carbocycles. The third-order valence-electron chi connectivity index (χ3n) is 7.68. The van der Waals surface area contributed by atoms with Gasteiger partial charge in [-0.2, -0.15) is 0 Å². The van der Waals surface area contributed by atoms with Gasteiger partial charge in [0.1, 0.15) is 11.6 Å². The van der Waals surface area contributed by atoms with Gasteiger partial charge in [-0.15, -0.1) is 0 Å². The summed E-state index contributed by atoms with van der Waals surface area (Å²) < 4.78 is 26.8. The highest BCUT2D eigenvalue weighted by molar-refractivity contribution is 7.91. The zero-order chi connectivity index (χ0) is 24.3. The van der Waals surface area contributed by atoms with Crippen LogP contribution in [0.1, 0.15) is 64.2 Å². The fourth-order valence-electron chi connectivity index (χ4n) is 5.67. The first-order valence-electron chi connectivity index (χ1n) is 13.0. The van der Waals surface area contributed by atoms with Crippen molar-refractivity contribution in [1.29, 1.82) is 0 Å². The van der Waals surface area contributed by atoms with Gasteiger partial charge in [0.25, 0.3) is 0 Å². The lowest BCUT2D eigenvalue weighted by atomic mass is 9.83. The van der Waals surface area contributed by atoms with E-state index in [-0.39, 0.29) is 28.1 Å². The fraction of sp³-hybridized carbons (Fsp3) is 0.577. The molecule has 2 saturated carbocycles. The van der Waals surface area contributed by atoms with Crippen LogP contribution in [0.4, 0.5) is 11.6 Å². The van der Waals surface area contributed by atoms with Crippen molar-refractivity contribution in [3.05, 3.63) is 42.5 Å². The first-order valence-corrected chi connectivity index (χ1v) is 14.5. The summed E-state index contributed by atoms with van der Waals surface area (Å²) in [5.74, 6) is 1.75. The molecule has 3 fully saturated rings. The van der Waals surface area contributed by atoms with Crippen LogP contribution in [0.25, 0.3) is 0 Å². The molecule has 8 nitrogen and oxygen atoms in total. The Morgan fingerprint density at radius 1 is 0.829 bits per heavy atom. The Hall–Kier alpha value is -2.20. The molecule has 3 aliphatic rings. The van der Waals surface area contributed by atoms with Crippen molar-refractivity contribution in [2.45, 2.75) is 98.4 Å². The topological polar surface area (TPSA) is 115 Å². The number of anilines is 2. The molecule has 0 bridgehead atoms. The molecule has 190 valence electrons. The second-order valence-electron chi connectivity index (χ2n) is 10.3. The Kier molecular flexibility index (Phi) is 7.57. The minimum Gasteiger partial charge on any atom is -0.393 e. The Labute approximate surface area is 208 Å². The van der Waals surface area contributed by atoms with Gasteiger partial charge in [0, 0.05) is 12.1 Å². The predicted molar refractivity (Wildman–Crippen MR) is 137 cm³/mol. The SMILES string of the molecule is O=S(=O)(c1ccccc1)c1cc(NC2CCC(O)CC2)nc(NC2CC(C3CCCCC3)NN2)c1. The van der Waals surface area contributed by atoms with Crippen molar-refractivity contribution >= 4 is 21.5 Å². The predicted octanol–water partition coefficient (Wildman–Crippen LogP) is 3.81. The smallest absolute Gasteiger partial charge is 0.206 e. The first kappa shape index (κ1) is 24.5. The quantitative estimate of drug-likeness (QED) is 0.391. The summed E-state index contributed by atoms with van der Waals surface area (Å²) in [4.78, 5) is 5.22. The van der Waals surface area contributed by atoms with Crippen molar-refractivity contribution in [3.8, 4) is 0 Å². The van der Waals surface area contributed by atoms with Gasteiger partial charge in [0.15, 0.2) is 0 Å². The Morgan fingerprint density at radius 3 is 2.23 bits per heavy atom. The van der Waals surface area contributed by atoms with E-state index in [1.807, 2.05) is 6.07 Å². The van der Waals surface area contributed by atoms with Gasteiger partial charge in [-0.05, 0) is 75.1 Å². The summed E-state index contributed by atoms with van der Waals surface area (Å²) in [6.07, 6.45) is 10.3. The van der Waals surface area contributed by atoms with Gasteiger partial charge in [-0.3, -0.25) is 5.43 Å². The van der Waals surface area contributed by atoms with Crippen LogP contribution in [0.2, 0.25) is 0 Å². The molecule has 2 unspecified atom stereocenters. The van der Waals surface area contributed by atoms with Crippen LogP contribution >= 0.6 is 0 Å². The summed E-state index contributed by atoms with van der Waals surface area (Å²) in [6.45, 7) is 0. The maximum atomic E-state index is 13.4. The molecule has 0 amide bonds.